The van der Waals surface area contributed by atoms with Gasteiger partial charge in [0.15, 0.2) is 0 Å². The Labute approximate surface area is 133 Å². The first-order valence-electron chi connectivity index (χ1n) is 8.14. The Balaban J connectivity index is 2.55. The van der Waals surface area contributed by atoms with E-state index in [1.807, 2.05) is 30.3 Å². The largest absolute Gasteiger partial charge is 0.466 e. The summed E-state index contributed by atoms with van der Waals surface area (Å²) in [6.07, 6.45) is 3.82. The SMILES string of the molecule is CCCCCN(CCC(=O)OCC)C(=O)Cc1ccccc1. The maximum Gasteiger partial charge on any atom is 0.307 e. The summed E-state index contributed by atoms with van der Waals surface area (Å²) in [4.78, 5) is 25.7. The summed E-state index contributed by atoms with van der Waals surface area (Å²) in [5, 5.41) is 0. The van der Waals surface area contributed by atoms with Gasteiger partial charge in [-0.2, -0.15) is 0 Å². The van der Waals surface area contributed by atoms with Crippen molar-refractivity contribution < 1.29 is 14.3 Å². The van der Waals surface area contributed by atoms with Crippen LogP contribution in [0.15, 0.2) is 30.3 Å². The zero-order valence-electron chi connectivity index (χ0n) is 13.7. The monoisotopic (exact) mass is 305 g/mol. The number of amides is 1. The molecule has 0 heterocycles. The van der Waals surface area contributed by atoms with E-state index in [1.165, 1.54) is 0 Å². The topological polar surface area (TPSA) is 46.6 Å². The molecule has 122 valence electrons. The predicted molar refractivity (Wildman–Crippen MR) is 87.5 cm³/mol. The standard InChI is InChI=1S/C18H27NO3/c1-3-5-9-13-19(14-12-18(21)22-4-2)17(20)15-16-10-7-6-8-11-16/h6-8,10-11H,3-5,9,12-15H2,1-2H3. The molecule has 0 saturated carbocycles. The predicted octanol–water partition coefficient (Wildman–Crippen LogP) is 3.20. The minimum atomic E-state index is -0.240. The van der Waals surface area contributed by atoms with Crippen LogP contribution in [0.4, 0.5) is 0 Å². The highest BCUT2D eigenvalue weighted by atomic mass is 16.5. The lowest BCUT2D eigenvalue weighted by atomic mass is 10.1. The zero-order chi connectivity index (χ0) is 16.2. The average Bonchev–Trinajstić information content (AvgIpc) is 2.52. The molecule has 0 aromatic heterocycles. The van der Waals surface area contributed by atoms with Crippen LogP contribution in [-0.2, 0) is 20.7 Å². The maximum absolute atomic E-state index is 12.5. The lowest BCUT2D eigenvalue weighted by Gasteiger charge is -2.22. The lowest BCUT2D eigenvalue weighted by Crippen LogP contribution is -2.35. The van der Waals surface area contributed by atoms with Crippen molar-refractivity contribution in [2.75, 3.05) is 19.7 Å². The summed E-state index contributed by atoms with van der Waals surface area (Å²) < 4.78 is 4.94. The van der Waals surface area contributed by atoms with E-state index in [0.717, 1.165) is 24.8 Å². The summed E-state index contributed by atoms with van der Waals surface area (Å²) >= 11 is 0. The molecule has 0 saturated heterocycles. The number of hydrogen-bond donors (Lipinski definition) is 0. The second kappa shape index (κ2) is 10.8. The molecule has 0 aliphatic rings. The zero-order valence-corrected chi connectivity index (χ0v) is 13.7. The van der Waals surface area contributed by atoms with E-state index in [-0.39, 0.29) is 18.3 Å². The van der Waals surface area contributed by atoms with Crippen molar-refractivity contribution in [3.05, 3.63) is 35.9 Å². The molecule has 0 spiro atoms. The second-order valence-corrected chi connectivity index (χ2v) is 5.31. The van der Waals surface area contributed by atoms with Gasteiger partial charge in [-0.25, -0.2) is 0 Å². The van der Waals surface area contributed by atoms with Gasteiger partial charge in [0.05, 0.1) is 19.4 Å². The van der Waals surface area contributed by atoms with E-state index in [0.29, 0.717) is 26.1 Å². The molecule has 1 aromatic carbocycles. The van der Waals surface area contributed by atoms with Gasteiger partial charge in [0, 0.05) is 13.1 Å². The molecule has 0 aliphatic heterocycles. The van der Waals surface area contributed by atoms with Crippen LogP contribution in [0, 0.1) is 0 Å². The highest BCUT2D eigenvalue weighted by Gasteiger charge is 2.15. The molecule has 1 amide bonds. The third-order valence-electron chi connectivity index (χ3n) is 3.47. The Bertz CT molecular complexity index is 445. The second-order valence-electron chi connectivity index (χ2n) is 5.31. The number of unbranched alkanes of at least 4 members (excludes halogenated alkanes) is 2. The van der Waals surface area contributed by atoms with Crippen molar-refractivity contribution in [1.82, 2.24) is 4.90 Å². The Morgan fingerprint density at radius 2 is 1.77 bits per heavy atom. The number of rotatable bonds is 10. The third-order valence-corrected chi connectivity index (χ3v) is 3.47. The van der Waals surface area contributed by atoms with E-state index in [4.69, 9.17) is 4.74 Å². The Morgan fingerprint density at radius 3 is 2.41 bits per heavy atom. The van der Waals surface area contributed by atoms with Gasteiger partial charge in [0.2, 0.25) is 5.91 Å². The molecule has 4 heteroatoms. The quantitative estimate of drug-likeness (QED) is 0.492. The molecule has 1 rings (SSSR count). The van der Waals surface area contributed by atoms with Crippen molar-refractivity contribution >= 4 is 11.9 Å². The van der Waals surface area contributed by atoms with E-state index in [1.54, 1.807) is 11.8 Å². The first-order chi connectivity index (χ1) is 10.7. The molecule has 0 aliphatic carbocycles. The van der Waals surface area contributed by atoms with Crippen LogP contribution in [0.5, 0.6) is 0 Å². The maximum atomic E-state index is 12.5. The molecule has 0 bridgehead atoms. The fraction of sp³-hybridized carbons (Fsp3) is 0.556. The van der Waals surface area contributed by atoms with E-state index >= 15 is 0 Å². The molecule has 0 N–H and O–H groups in total. The number of esters is 1. The molecule has 0 atom stereocenters. The Hall–Kier alpha value is -1.84. The summed E-state index contributed by atoms with van der Waals surface area (Å²) in [6.45, 7) is 5.45. The van der Waals surface area contributed by atoms with Gasteiger partial charge >= 0.3 is 5.97 Å². The summed E-state index contributed by atoms with van der Waals surface area (Å²) in [5.74, 6) is -0.165. The molecule has 0 fully saturated rings. The normalized spacial score (nSPS) is 10.3. The van der Waals surface area contributed by atoms with Crippen molar-refractivity contribution in [2.45, 2.75) is 46.0 Å². The molecule has 22 heavy (non-hydrogen) atoms. The van der Waals surface area contributed by atoms with E-state index in [9.17, 15) is 9.59 Å². The van der Waals surface area contributed by atoms with Crippen LogP contribution in [0.3, 0.4) is 0 Å². The van der Waals surface area contributed by atoms with Gasteiger partial charge in [0.25, 0.3) is 0 Å². The minimum absolute atomic E-state index is 0.0756. The number of carbonyl (C=O) groups excluding carboxylic acids is 2. The molecule has 1 aromatic rings. The number of nitrogens with zero attached hydrogens (tertiary/aromatic N) is 1. The number of ether oxygens (including phenoxy) is 1. The summed E-state index contributed by atoms with van der Waals surface area (Å²) in [5.41, 5.74) is 1.00. The van der Waals surface area contributed by atoms with E-state index in [2.05, 4.69) is 6.92 Å². The first kappa shape index (κ1) is 18.2. The van der Waals surface area contributed by atoms with Crippen LogP contribution in [0.25, 0.3) is 0 Å². The van der Waals surface area contributed by atoms with Crippen LogP contribution in [0.2, 0.25) is 0 Å². The minimum Gasteiger partial charge on any atom is -0.466 e. The highest BCUT2D eigenvalue weighted by molar-refractivity contribution is 5.79. The lowest BCUT2D eigenvalue weighted by molar-refractivity contribution is -0.144. The van der Waals surface area contributed by atoms with Gasteiger partial charge in [0.1, 0.15) is 0 Å². The fourth-order valence-electron chi connectivity index (χ4n) is 2.26. The average molecular weight is 305 g/mol. The highest BCUT2D eigenvalue weighted by Crippen LogP contribution is 2.06. The molecular formula is C18H27NO3. The third kappa shape index (κ3) is 7.25. The van der Waals surface area contributed by atoms with Crippen LogP contribution >= 0.6 is 0 Å². The van der Waals surface area contributed by atoms with Gasteiger partial charge in [-0.05, 0) is 18.9 Å². The molecule has 4 nitrogen and oxygen atoms in total. The van der Waals surface area contributed by atoms with Crippen molar-refractivity contribution in [3.63, 3.8) is 0 Å². The first-order valence-corrected chi connectivity index (χ1v) is 8.14. The molecule has 0 radical (unpaired) electrons. The number of hydrogen-bond acceptors (Lipinski definition) is 3. The van der Waals surface area contributed by atoms with Crippen LogP contribution in [-0.4, -0.2) is 36.5 Å². The van der Waals surface area contributed by atoms with Crippen molar-refractivity contribution in [1.29, 1.82) is 0 Å². The Morgan fingerprint density at radius 1 is 1.05 bits per heavy atom. The summed E-state index contributed by atoms with van der Waals surface area (Å²) in [6, 6.07) is 9.71. The van der Waals surface area contributed by atoms with Gasteiger partial charge < -0.3 is 9.64 Å². The van der Waals surface area contributed by atoms with Crippen molar-refractivity contribution in [3.8, 4) is 0 Å². The van der Waals surface area contributed by atoms with Crippen molar-refractivity contribution in [2.24, 2.45) is 0 Å². The summed E-state index contributed by atoms with van der Waals surface area (Å²) in [7, 11) is 0. The van der Waals surface area contributed by atoms with Gasteiger partial charge in [-0.3, -0.25) is 9.59 Å². The smallest absolute Gasteiger partial charge is 0.307 e. The van der Waals surface area contributed by atoms with Crippen LogP contribution in [0.1, 0.15) is 45.1 Å². The molecular weight excluding hydrogens is 278 g/mol. The molecule has 0 unspecified atom stereocenters. The van der Waals surface area contributed by atoms with E-state index < -0.39 is 0 Å². The van der Waals surface area contributed by atoms with Gasteiger partial charge in [-0.1, -0.05) is 50.1 Å². The van der Waals surface area contributed by atoms with Crippen LogP contribution < -0.4 is 0 Å². The fourth-order valence-corrected chi connectivity index (χ4v) is 2.26. The van der Waals surface area contributed by atoms with Gasteiger partial charge in [-0.15, -0.1) is 0 Å². The number of benzene rings is 1. The number of carbonyl (C=O) groups is 2. The Kier molecular flexibility index (Phi) is 8.96.